The second kappa shape index (κ2) is 6.64. The number of rotatable bonds is 5. The molecule has 20 heavy (non-hydrogen) atoms. The Morgan fingerprint density at radius 3 is 2.45 bits per heavy atom. The summed E-state index contributed by atoms with van der Waals surface area (Å²) in [5, 5.41) is 0. The fourth-order valence-corrected chi connectivity index (χ4v) is 2.41. The summed E-state index contributed by atoms with van der Waals surface area (Å²) in [4.78, 5) is 0. The SMILES string of the molecule is Cc1ccc(C)c(CC(Cc2ccccc2F)NN)c1. The lowest BCUT2D eigenvalue weighted by atomic mass is 9.95. The van der Waals surface area contributed by atoms with E-state index in [0.29, 0.717) is 12.0 Å². The molecule has 2 rings (SSSR count). The average molecular weight is 272 g/mol. The van der Waals surface area contributed by atoms with Gasteiger partial charge in [0.05, 0.1) is 0 Å². The van der Waals surface area contributed by atoms with Crippen LogP contribution >= 0.6 is 0 Å². The minimum atomic E-state index is -0.172. The predicted octanol–water partition coefficient (Wildman–Crippen LogP) is 3.06. The first-order chi connectivity index (χ1) is 9.60. The van der Waals surface area contributed by atoms with E-state index < -0.39 is 0 Å². The van der Waals surface area contributed by atoms with Crippen LogP contribution in [0, 0.1) is 19.7 Å². The summed E-state index contributed by atoms with van der Waals surface area (Å²) in [6.07, 6.45) is 1.37. The van der Waals surface area contributed by atoms with Gasteiger partial charge in [0, 0.05) is 6.04 Å². The Balaban J connectivity index is 2.13. The molecular formula is C17H21FN2. The van der Waals surface area contributed by atoms with Crippen molar-refractivity contribution in [2.24, 2.45) is 5.84 Å². The first-order valence-electron chi connectivity index (χ1n) is 6.86. The monoisotopic (exact) mass is 272 g/mol. The predicted molar refractivity (Wildman–Crippen MR) is 80.8 cm³/mol. The number of hydrogen-bond donors (Lipinski definition) is 2. The Hall–Kier alpha value is -1.71. The summed E-state index contributed by atoms with van der Waals surface area (Å²) in [6, 6.07) is 13.2. The second-order valence-corrected chi connectivity index (χ2v) is 5.29. The van der Waals surface area contributed by atoms with Crippen LogP contribution in [-0.2, 0) is 12.8 Å². The van der Waals surface area contributed by atoms with E-state index in [9.17, 15) is 4.39 Å². The van der Waals surface area contributed by atoms with E-state index in [0.717, 1.165) is 6.42 Å². The molecule has 3 N–H and O–H groups in total. The van der Waals surface area contributed by atoms with Crippen LogP contribution in [0.4, 0.5) is 4.39 Å². The zero-order chi connectivity index (χ0) is 14.5. The molecule has 2 nitrogen and oxygen atoms in total. The van der Waals surface area contributed by atoms with Crippen molar-refractivity contribution in [2.75, 3.05) is 0 Å². The number of nitrogens with two attached hydrogens (primary N) is 1. The van der Waals surface area contributed by atoms with Gasteiger partial charge in [-0.3, -0.25) is 11.3 Å². The molecule has 0 bridgehead atoms. The molecule has 0 heterocycles. The van der Waals surface area contributed by atoms with E-state index in [4.69, 9.17) is 5.84 Å². The van der Waals surface area contributed by atoms with Gasteiger partial charge in [-0.2, -0.15) is 0 Å². The number of hydrazine groups is 1. The largest absolute Gasteiger partial charge is 0.271 e. The molecule has 1 unspecified atom stereocenters. The van der Waals surface area contributed by atoms with E-state index >= 15 is 0 Å². The molecule has 0 spiro atoms. The quantitative estimate of drug-likeness (QED) is 0.648. The molecule has 1 atom stereocenters. The topological polar surface area (TPSA) is 38.0 Å². The molecule has 2 aromatic rings. The first-order valence-corrected chi connectivity index (χ1v) is 6.86. The van der Waals surface area contributed by atoms with Crippen molar-refractivity contribution >= 4 is 0 Å². The van der Waals surface area contributed by atoms with Gasteiger partial charge in [-0.1, -0.05) is 42.0 Å². The van der Waals surface area contributed by atoms with Crippen LogP contribution in [0.1, 0.15) is 22.3 Å². The molecule has 0 aliphatic carbocycles. The van der Waals surface area contributed by atoms with Crippen molar-refractivity contribution in [3.05, 3.63) is 70.5 Å². The lowest BCUT2D eigenvalue weighted by molar-refractivity contribution is 0.505. The third-order valence-corrected chi connectivity index (χ3v) is 3.63. The normalized spacial score (nSPS) is 12.4. The maximum absolute atomic E-state index is 13.7. The third-order valence-electron chi connectivity index (χ3n) is 3.63. The van der Waals surface area contributed by atoms with Crippen molar-refractivity contribution in [1.82, 2.24) is 5.43 Å². The highest BCUT2D eigenvalue weighted by Gasteiger charge is 2.12. The Bertz CT molecular complexity index is 581. The number of benzene rings is 2. The Labute approximate surface area is 119 Å². The molecule has 0 radical (unpaired) electrons. The van der Waals surface area contributed by atoms with Crippen molar-refractivity contribution in [2.45, 2.75) is 32.7 Å². The summed E-state index contributed by atoms with van der Waals surface area (Å²) in [6.45, 7) is 4.16. The van der Waals surface area contributed by atoms with Crippen LogP contribution in [-0.4, -0.2) is 6.04 Å². The van der Waals surface area contributed by atoms with Crippen LogP contribution in [0.25, 0.3) is 0 Å². The van der Waals surface area contributed by atoms with Crippen molar-refractivity contribution < 1.29 is 4.39 Å². The maximum atomic E-state index is 13.7. The highest BCUT2D eigenvalue weighted by molar-refractivity contribution is 5.31. The number of halogens is 1. The number of aryl methyl sites for hydroxylation is 2. The summed E-state index contributed by atoms with van der Waals surface area (Å²) >= 11 is 0. The summed E-state index contributed by atoms with van der Waals surface area (Å²) < 4.78 is 13.7. The molecule has 0 aliphatic heterocycles. The van der Waals surface area contributed by atoms with Crippen LogP contribution < -0.4 is 11.3 Å². The van der Waals surface area contributed by atoms with E-state index in [1.165, 1.54) is 22.8 Å². The molecule has 0 saturated carbocycles. The van der Waals surface area contributed by atoms with E-state index in [-0.39, 0.29) is 11.9 Å². The van der Waals surface area contributed by atoms with Crippen molar-refractivity contribution in [3.8, 4) is 0 Å². The molecular weight excluding hydrogens is 251 g/mol. The van der Waals surface area contributed by atoms with Gasteiger partial charge < -0.3 is 0 Å². The van der Waals surface area contributed by atoms with Crippen molar-refractivity contribution in [3.63, 3.8) is 0 Å². The molecule has 106 valence electrons. The van der Waals surface area contributed by atoms with Gasteiger partial charge in [0.15, 0.2) is 0 Å². The van der Waals surface area contributed by atoms with E-state index in [1.54, 1.807) is 6.07 Å². The first kappa shape index (κ1) is 14.7. The van der Waals surface area contributed by atoms with Crippen molar-refractivity contribution in [1.29, 1.82) is 0 Å². The average Bonchev–Trinajstić information content (AvgIpc) is 2.44. The van der Waals surface area contributed by atoms with Crippen LogP contribution in [0.15, 0.2) is 42.5 Å². The van der Waals surface area contributed by atoms with Crippen LogP contribution in [0.5, 0.6) is 0 Å². The Morgan fingerprint density at radius 2 is 1.75 bits per heavy atom. The Morgan fingerprint density at radius 1 is 1.05 bits per heavy atom. The van der Waals surface area contributed by atoms with Gasteiger partial charge in [-0.25, -0.2) is 4.39 Å². The highest BCUT2D eigenvalue weighted by atomic mass is 19.1. The highest BCUT2D eigenvalue weighted by Crippen LogP contribution is 2.16. The molecule has 0 amide bonds. The second-order valence-electron chi connectivity index (χ2n) is 5.29. The minimum absolute atomic E-state index is 0.0207. The van der Waals surface area contributed by atoms with Gasteiger partial charge in [0.2, 0.25) is 0 Å². The number of nitrogens with one attached hydrogen (secondary N) is 1. The van der Waals surface area contributed by atoms with Crippen LogP contribution in [0.2, 0.25) is 0 Å². The van der Waals surface area contributed by atoms with Crippen LogP contribution in [0.3, 0.4) is 0 Å². The summed E-state index contributed by atoms with van der Waals surface area (Å²) in [5.41, 5.74) is 7.22. The van der Waals surface area contributed by atoms with Gasteiger partial charge >= 0.3 is 0 Å². The lowest BCUT2D eigenvalue weighted by Gasteiger charge is -2.18. The zero-order valence-corrected chi connectivity index (χ0v) is 12.0. The van der Waals surface area contributed by atoms with E-state index in [1.807, 2.05) is 12.1 Å². The molecule has 2 aromatic carbocycles. The van der Waals surface area contributed by atoms with Gasteiger partial charge in [0.25, 0.3) is 0 Å². The molecule has 3 heteroatoms. The summed E-state index contributed by atoms with van der Waals surface area (Å²) in [7, 11) is 0. The fourth-order valence-electron chi connectivity index (χ4n) is 2.41. The minimum Gasteiger partial charge on any atom is -0.271 e. The standard InChI is InChI=1S/C17H21FN2/c1-12-7-8-13(2)15(9-12)11-16(20-19)10-14-5-3-4-6-17(14)18/h3-9,16,20H,10-11,19H2,1-2H3. The van der Waals surface area contributed by atoms with Gasteiger partial charge in [-0.15, -0.1) is 0 Å². The molecule has 0 aromatic heterocycles. The lowest BCUT2D eigenvalue weighted by Crippen LogP contribution is -2.38. The zero-order valence-electron chi connectivity index (χ0n) is 12.0. The fraction of sp³-hybridized carbons (Fsp3) is 0.294. The van der Waals surface area contributed by atoms with E-state index in [2.05, 4.69) is 37.5 Å². The van der Waals surface area contributed by atoms with Gasteiger partial charge in [-0.05, 0) is 49.4 Å². The molecule has 0 saturated heterocycles. The number of hydrogen-bond acceptors (Lipinski definition) is 2. The van der Waals surface area contributed by atoms with Gasteiger partial charge in [0.1, 0.15) is 5.82 Å². The summed E-state index contributed by atoms with van der Waals surface area (Å²) in [5.74, 6) is 5.46. The molecule has 0 fully saturated rings. The maximum Gasteiger partial charge on any atom is 0.126 e. The molecule has 0 aliphatic rings. The Kier molecular flexibility index (Phi) is 4.88. The third kappa shape index (κ3) is 3.65. The smallest absolute Gasteiger partial charge is 0.126 e.